The van der Waals surface area contributed by atoms with Gasteiger partial charge in [-0.05, 0) is 11.6 Å². The molecule has 0 radical (unpaired) electrons. The zero-order valence-electron chi connectivity index (χ0n) is 7.49. The molecular weight excluding hydrogens is 223 g/mol. The van der Waals surface area contributed by atoms with Gasteiger partial charge in [0.25, 0.3) is 5.69 Å². The molecule has 1 aromatic rings. The fraction of sp³-hybridized carbons (Fsp3) is 0. The van der Waals surface area contributed by atoms with Crippen molar-refractivity contribution in [1.82, 2.24) is 0 Å². The number of benzene rings is 1. The van der Waals surface area contributed by atoms with Crippen molar-refractivity contribution < 1.29 is 19.2 Å². The standard InChI is InChI=1S/C7H3FN4O4/c8-3-1-2-4(12(15)16)6(10-11-9)5(3)7(13)14/h1-2H,(H,13,14). The number of hydrogen-bond acceptors (Lipinski definition) is 4. The summed E-state index contributed by atoms with van der Waals surface area (Å²) in [6, 6.07) is 1.35. The number of hydrogen-bond donors (Lipinski definition) is 1. The van der Waals surface area contributed by atoms with Crippen LogP contribution in [0, 0.1) is 15.9 Å². The van der Waals surface area contributed by atoms with Crippen LogP contribution in [0.3, 0.4) is 0 Å². The summed E-state index contributed by atoms with van der Waals surface area (Å²) < 4.78 is 13.1. The van der Waals surface area contributed by atoms with Crippen LogP contribution in [0.1, 0.15) is 10.4 Å². The molecule has 1 aromatic carbocycles. The van der Waals surface area contributed by atoms with Crippen molar-refractivity contribution in [2.45, 2.75) is 0 Å². The highest BCUT2D eigenvalue weighted by molar-refractivity contribution is 5.96. The Kier molecular flexibility index (Phi) is 3.02. The van der Waals surface area contributed by atoms with Gasteiger partial charge in [-0.1, -0.05) is 5.11 Å². The topological polar surface area (TPSA) is 129 Å². The molecule has 0 aliphatic rings. The number of carbonyl (C=O) groups is 1. The molecule has 0 heterocycles. The van der Waals surface area contributed by atoms with Crippen LogP contribution in [0.15, 0.2) is 17.2 Å². The number of halogens is 1. The van der Waals surface area contributed by atoms with Crippen molar-refractivity contribution in [3.63, 3.8) is 0 Å². The summed E-state index contributed by atoms with van der Waals surface area (Å²) in [6.45, 7) is 0. The number of nitrogens with zero attached hydrogens (tertiary/aromatic N) is 4. The van der Waals surface area contributed by atoms with E-state index in [0.29, 0.717) is 6.07 Å². The van der Waals surface area contributed by atoms with E-state index < -0.39 is 33.6 Å². The largest absolute Gasteiger partial charge is 0.478 e. The van der Waals surface area contributed by atoms with E-state index in [1.807, 2.05) is 0 Å². The monoisotopic (exact) mass is 226 g/mol. The molecule has 0 spiro atoms. The third-order valence-electron chi connectivity index (χ3n) is 1.66. The zero-order valence-corrected chi connectivity index (χ0v) is 7.49. The van der Waals surface area contributed by atoms with Crippen molar-refractivity contribution >= 4 is 17.3 Å². The Balaban J connectivity index is 3.69. The summed E-state index contributed by atoms with van der Waals surface area (Å²) in [7, 11) is 0. The predicted molar refractivity (Wildman–Crippen MR) is 48.8 cm³/mol. The Morgan fingerprint density at radius 1 is 1.62 bits per heavy atom. The molecule has 0 unspecified atom stereocenters. The minimum absolute atomic E-state index is 0.623. The molecule has 0 saturated heterocycles. The maximum Gasteiger partial charge on any atom is 0.339 e. The molecule has 0 aliphatic carbocycles. The second-order valence-corrected chi connectivity index (χ2v) is 2.54. The summed E-state index contributed by atoms with van der Waals surface area (Å²) in [5, 5.41) is 22.0. The number of carboxylic acids is 1. The van der Waals surface area contributed by atoms with Gasteiger partial charge in [-0.3, -0.25) is 10.1 Å². The van der Waals surface area contributed by atoms with Gasteiger partial charge in [0.15, 0.2) is 0 Å². The summed E-state index contributed by atoms with van der Waals surface area (Å²) in [5.74, 6) is -2.95. The van der Waals surface area contributed by atoms with Crippen LogP contribution in [-0.2, 0) is 0 Å². The van der Waals surface area contributed by atoms with Crippen molar-refractivity contribution in [3.05, 3.63) is 44.1 Å². The van der Waals surface area contributed by atoms with Crippen LogP contribution < -0.4 is 0 Å². The molecule has 0 aromatic heterocycles. The Morgan fingerprint density at radius 2 is 2.25 bits per heavy atom. The number of azide groups is 1. The van der Waals surface area contributed by atoms with Gasteiger partial charge in [0.2, 0.25) is 0 Å². The Labute approximate surface area is 86.7 Å². The van der Waals surface area contributed by atoms with Crippen molar-refractivity contribution in [3.8, 4) is 0 Å². The summed E-state index contributed by atoms with van der Waals surface area (Å²) in [5.41, 5.74) is 5.51. The fourth-order valence-electron chi connectivity index (χ4n) is 1.05. The van der Waals surface area contributed by atoms with Gasteiger partial charge in [0.05, 0.1) is 4.92 Å². The number of aromatic carboxylic acids is 1. The van der Waals surface area contributed by atoms with E-state index in [4.69, 9.17) is 10.6 Å². The van der Waals surface area contributed by atoms with Gasteiger partial charge in [-0.15, -0.1) is 0 Å². The number of rotatable bonds is 3. The smallest absolute Gasteiger partial charge is 0.339 e. The third-order valence-corrected chi connectivity index (χ3v) is 1.66. The number of nitro benzene ring substituents is 1. The molecule has 0 fully saturated rings. The zero-order chi connectivity index (χ0) is 12.3. The molecule has 82 valence electrons. The second kappa shape index (κ2) is 4.24. The first-order valence-electron chi connectivity index (χ1n) is 3.74. The van der Waals surface area contributed by atoms with Gasteiger partial charge >= 0.3 is 5.97 Å². The van der Waals surface area contributed by atoms with Gasteiger partial charge in [-0.25, -0.2) is 9.18 Å². The summed E-state index contributed by atoms with van der Waals surface area (Å²) >= 11 is 0. The van der Waals surface area contributed by atoms with E-state index in [2.05, 4.69) is 10.0 Å². The highest BCUT2D eigenvalue weighted by atomic mass is 19.1. The molecule has 1 rings (SSSR count). The van der Waals surface area contributed by atoms with Crippen molar-refractivity contribution in [2.24, 2.45) is 5.11 Å². The first-order chi connectivity index (χ1) is 7.49. The average molecular weight is 226 g/mol. The van der Waals surface area contributed by atoms with Crippen LogP contribution in [0.25, 0.3) is 10.4 Å². The molecule has 0 atom stereocenters. The SMILES string of the molecule is [N-]=[N+]=Nc1c([N+](=O)[O-])ccc(F)c1C(=O)O. The molecule has 0 amide bonds. The molecular formula is C7H3FN4O4. The summed E-state index contributed by atoms with van der Waals surface area (Å²) in [6.07, 6.45) is 0. The first-order valence-corrected chi connectivity index (χ1v) is 3.74. The van der Waals surface area contributed by atoms with E-state index in [0.717, 1.165) is 6.07 Å². The quantitative estimate of drug-likeness (QED) is 0.278. The molecule has 0 bridgehead atoms. The first kappa shape index (κ1) is 11.4. The van der Waals surface area contributed by atoms with Crippen LogP contribution in [0.5, 0.6) is 0 Å². The highest BCUT2D eigenvalue weighted by Crippen LogP contribution is 2.33. The Morgan fingerprint density at radius 3 is 2.69 bits per heavy atom. The minimum atomic E-state index is -1.75. The van der Waals surface area contributed by atoms with E-state index in [-0.39, 0.29) is 0 Å². The van der Waals surface area contributed by atoms with Gasteiger partial charge in [-0.2, -0.15) is 0 Å². The lowest BCUT2D eigenvalue weighted by Crippen LogP contribution is -2.03. The lowest BCUT2D eigenvalue weighted by atomic mass is 10.1. The molecule has 16 heavy (non-hydrogen) atoms. The van der Waals surface area contributed by atoms with Crippen LogP contribution in [0.2, 0.25) is 0 Å². The van der Waals surface area contributed by atoms with E-state index in [1.54, 1.807) is 0 Å². The number of nitro groups is 1. The molecule has 9 heteroatoms. The van der Waals surface area contributed by atoms with Crippen LogP contribution in [0.4, 0.5) is 15.8 Å². The Hall–Kier alpha value is -2.67. The molecule has 0 aliphatic heterocycles. The lowest BCUT2D eigenvalue weighted by Gasteiger charge is -2.02. The Bertz CT molecular complexity index is 523. The third kappa shape index (κ3) is 1.88. The van der Waals surface area contributed by atoms with E-state index in [1.165, 1.54) is 0 Å². The summed E-state index contributed by atoms with van der Waals surface area (Å²) in [4.78, 5) is 22.4. The highest BCUT2D eigenvalue weighted by Gasteiger charge is 2.24. The van der Waals surface area contributed by atoms with Crippen molar-refractivity contribution in [1.29, 1.82) is 0 Å². The van der Waals surface area contributed by atoms with Gasteiger partial charge in [0.1, 0.15) is 17.1 Å². The maximum absolute atomic E-state index is 13.1. The van der Waals surface area contributed by atoms with Crippen LogP contribution in [-0.4, -0.2) is 16.0 Å². The van der Waals surface area contributed by atoms with E-state index in [9.17, 15) is 19.3 Å². The van der Waals surface area contributed by atoms with Crippen molar-refractivity contribution in [2.75, 3.05) is 0 Å². The average Bonchev–Trinajstić information content (AvgIpc) is 2.17. The number of carboxylic acid groups (broad SMARTS) is 1. The normalized spacial score (nSPS) is 9.31. The molecule has 0 saturated carbocycles. The fourth-order valence-corrected chi connectivity index (χ4v) is 1.05. The predicted octanol–water partition coefficient (Wildman–Crippen LogP) is 2.37. The van der Waals surface area contributed by atoms with Gasteiger partial charge in [0, 0.05) is 11.0 Å². The van der Waals surface area contributed by atoms with E-state index >= 15 is 0 Å². The second-order valence-electron chi connectivity index (χ2n) is 2.54. The molecule has 1 N–H and O–H groups in total. The lowest BCUT2D eigenvalue weighted by molar-refractivity contribution is -0.384. The molecule has 8 nitrogen and oxygen atoms in total. The van der Waals surface area contributed by atoms with Crippen LogP contribution >= 0.6 is 0 Å². The minimum Gasteiger partial charge on any atom is -0.478 e. The van der Waals surface area contributed by atoms with Gasteiger partial charge < -0.3 is 5.11 Å². The maximum atomic E-state index is 13.1.